The zero-order valence-electron chi connectivity index (χ0n) is 12.6. The molecule has 1 aromatic carbocycles. The molecule has 0 saturated carbocycles. The van der Waals surface area contributed by atoms with Gasteiger partial charge in [-0.2, -0.15) is 5.26 Å². The molecule has 112 valence electrons. The van der Waals surface area contributed by atoms with Crippen molar-refractivity contribution in [3.05, 3.63) is 29.8 Å². The number of nitrogens with one attached hydrogen (secondary N) is 2. The van der Waals surface area contributed by atoms with Gasteiger partial charge in [0, 0.05) is 25.3 Å². The fourth-order valence-electron chi connectivity index (χ4n) is 2.40. The normalized spacial score (nSPS) is 19.2. The van der Waals surface area contributed by atoms with Gasteiger partial charge >= 0.3 is 0 Å². The summed E-state index contributed by atoms with van der Waals surface area (Å²) in [6, 6.07) is 9.91. The summed E-state index contributed by atoms with van der Waals surface area (Å²) in [6.07, 6.45) is 0. The second kappa shape index (κ2) is 7.21. The van der Waals surface area contributed by atoms with Crippen LogP contribution < -0.4 is 10.6 Å². The molecule has 5 heteroatoms. The zero-order valence-corrected chi connectivity index (χ0v) is 12.6. The van der Waals surface area contributed by atoms with Crippen LogP contribution in [0.25, 0.3) is 0 Å². The lowest BCUT2D eigenvalue weighted by Gasteiger charge is -2.31. The Labute approximate surface area is 125 Å². The lowest BCUT2D eigenvalue weighted by molar-refractivity contribution is -0.117. The summed E-state index contributed by atoms with van der Waals surface area (Å²) in [6.45, 7) is 6.69. The fraction of sp³-hybridized carbons (Fsp3) is 0.500. The van der Waals surface area contributed by atoms with Crippen molar-refractivity contribution in [3.8, 4) is 6.07 Å². The zero-order chi connectivity index (χ0) is 15.2. The van der Waals surface area contributed by atoms with E-state index in [1.165, 1.54) is 5.56 Å². The van der Waals surface area contributed by atoms with Gasteiger partial charge in [-0.25, -0.2) is 0 Å². The first-order chi connectivity index (χ1) is 10.1. The number of amides is 1. The molecule has 21 heavy (non-hydrogen) atoms. The molecule has 2 N–H and O–H groups in total. The molecular formula is C16H22N4O. The molecule has 0 bridgehead atoms. The lowest BCUT2D eigenvalue weighted by atomic mass is 10.0. The molecule has 1 aliphatic rings. The maximum Gasteiger partial charge on any atom is 0.238 e. The van der Waals surface area contributed by atoms with Crippen LogP contribution in [0.3, 0.4) is 0 Å². The molecule has 1 aliphatic heterocycles. The van der Waals surface area contributed by atoms with E-state index in [0.717, 1.165) is 18.8 Å². The van der Waals surface area contributed by atoms with Crippen molar-refractivity contribution in [1.29, 1.82) is 5.26 Å². The molecule has 0 spiro atoms. The van der Waals surface area contributed by atoms with Crippen molar-refractivity contribution in [2.45, 2.75) is 25.8 Å². The minimum atomic E-state index is -0.229. The van der Waals surface area contributed by atoms with Crippen LogP contribution in [0.4, 0.5) is 5.69 Å². The number of hydrogen-bond acceptors (Lipinski definition) is 4. The Hall–Kier alpha value is -1.90. The Morgan fingerprint density at radius 3 is 2.81 bits per heavy atom. The third-order valence-electron chi connectivity index (χ3n) is 3.71. The van der Waals surface area contributed by atoms with Crippen LogP contribution in [-0.2, 0) is 4.79 Å². The third kappa shape index (κ3) is 4.28. The van der Waals surface area contributed by atoms with Gasteiger partial charge in [-0.15, -0.1) is 0 Å². The number of carbonyl (C=O) groups is 1. The van der Waals surface area contributed by atoms with Gasteiger partial charge in [0.2, 0.25) is 5.91 Å². The van der Waals surface area contributed by atoms with Crippen molar-refractivity contribution in [3.63, 3.8) is 0 Å². The van der Waals surface area contributed by atoms with Crippen molar-refractivity contribution >= 4 is 11.6 Å². The van der Waals surface area contributed by atoms with Crippen LogP contribution in [-0.4, -0.2) is 43.0 Å². The van der Waals surface area contributed by atoms with Crippen molar-refractivity contribution in [1.82, 2.24) is 10.2 Å². The van der Waals surface area contributed by atoms with Gasteiger partial charge in [0.05, 0.1) is 12.6 Å². The molecule has 1 heterocycles. The van der Waals surface area contributed by atoms with E-state index in [4.69, 9.17) is 5.26 Å². The highest BCUT2D eigenvalue weighted by Crippen LogP contribution is 2.17. The summed E-state index contributed by atoms with van der Waals surface area (Å²) in [5, 5.41) is 15.1. The number of nitriles is 1. The molecular weight excluding hydrogens is 264 g/mol. The van der Waals surface area contributed by atoms with Gasteiger partial charge in [-0.3, -0.25) is 9.69 Å². The summed E-state index contributed by atoms with van der Waals surface area (Å²) in [7, 11) is 0. The highest BCUT2D eigenvalue weighted by atomic mass is 16.2. The van der Waals surface area contributed by atoms with Crippen molar-refractivity contribution in [2.24, 2.45) is 0 Å². The second-order valence-corrected chi connectivity index (χ2v) is 5.64. The lowest BCUT2D eigenvalue weighted by Crippen LogP contribution is -2.52. The Balaban J connectivity index is 1.90. The predicted molar refractivity (Wildman–Crippen MR) is 83.0 cm³/mol. The standard InChI is InChI=1S/C16H22N4O/c1-12(2)13-3-5-14(6-4-13)19-16(21)11-20-8-7-18-10-15(20)9-17/h3-6,12,15,18H,7-8,10-11H2,1-2H3,(H,19,21). The average Bonchev–Trinajstić information content (AvgIpc) is 2.48. The van der Waals surface area contributed by atoms with E-state index in [9.17, 15) is 4.79 Å². The van der Waals surface area contributed by atoms with Gasteiger partial charge in [0.25, 0.3) is 0 Å². The molecule has 1 saturated heterocycles. The smallest absolute Gasteiger partial charge is 0.238 e. The largest absolute Gasteiger partial charge is 0.325 e. The molecule has 0 aromatic heterocycles. The number of anilines is 1. The SMILES string of the molecule is CC(C)c1ccc(NC(=O)CN2CCNCC2C#N)cc1. The fourth-order valence-corrected chi connectivity index (χ4v) is 2.40. The van der Waals surface area contributed by atoms with Crippen LogP contribution in [0.15, 0.2) is 24.3 Å². The molecule has 1 amide bonds. The predicted octanol–water partition coefficient (Wildman–Crippen LogP) is 1.55. The second-order valence-electron chi connectivity index (χ2n) is 5.64. The highest BCUT2D eigenvalue weighted by molar-refractivity contribution is 5.92. The highest BCUT2D eigenvalue weighted by Gasteiger charge is 2.23. The quantitative estimate of drug-likeness (QED) is 0.881. The topological polar surface area (TPSA) is 68.2 Å². The van der Waals surface area contributed by atoms with Crippen molar-refractivity contribution in [2.75, 3.05) is 31.5 Å². The van der Waals surface area contributed by atoms with Crippen LogP contribution in [0.1, 0.15) is 25.3 Å². The molecule has 1 aromatic rings. The van der Waals surface area contributed by atoms with Gasteiger partial charge in [-0.05, 0) is 23.6 Å². The molecule has 0 radical (unpaired) electrons. The van der Waals surface area contributed by atoms with E-state index in [1.54, 1.807) is 0 Å². The Morgan fingerprint density at radius 2 is 2.19 bits per heavy atom. The van der Waals surface area contributed by atoms with Gasteiger partial charge in [0.15, 0.2) is 0 Å². The number of carbonyl (C=O) groups excluding carboxylic acids is 1. The summed E-state index contributed by atoms with van der Waals surface area (Å²) in [5.41, 5.74) is 2.05. The number of nitrogens with zero attached hydrogens (tertiary/aromatic N) is 2. The Morgan fingerprint density at radius 1 is 1.48 bits per heavy atom. The molecule has 1 atom stereocenters. The van der Waals surface area contributed by atoms with Crippen molar-refractivity contribution < 1.29 is 4.79 Å². The van der Waals surface area contributed by atoms with Crippen LogP contribution in [0.2, 0.25) is 0 Å². The first-order valence-corrected chi connectivity index (χ1v) is 7.34. The summed E-state index contributed by atoms with van der Waals surface area (Å²) in [5.74, 6) is 0.404. The average molecular weight is 286 g/mol. The van der Waals surface area contributed by atoms with E-state index in [0.29, 0.717) is 12.5 Å². The monoisotopic (exact) mass is 286 g/mol. The molecule has 2 rings (SSSR count). The van der Waals surface area contributed by atoms with E-state index in [-0.39, 0.29) is 18.5 Å². The van der Waals surface area contributed by atoms with E-state index in [1.807, 2.05) is 29.2 Å². The van der Waals surface area contributed by atoms with Gasteiger partial charge in [0.1, 0.15) is 6.04 Å². The van der Waals surface area contributed by atoms with Gasteiger partial charge in [-0.1, -0.05) is 26.0 Å². The maximum atomic E-state index is 12.1. The maximum absolute atomic E-state index is 12.1. The minimum Gasteiger partial charge on any atom is -0.325 e. The van der Waals surface area contributed by atoms with E-state index in [2.05, 4.69) is 30.6 Å². The first-order valence-electron chi connectivity index (χ1n) is 7.34. The van der Waals surface area contributed by atoms with Crippen LogP contribution in [0.5, 0.6) is 0 Å². The number of rotatable bonds is 4. The molecule has 0 aliphatic carbocycles. The molecule has 5 nitrogen and oxygen atoms in total. The van der Waals surface area contributed by atoms with E-state index >= 15 is 0 Å². The molecule has 1 unspecified atom stereocenters. The van der Waals surface area contributed by atoms with Crippen LogP contribution in [0, 0.1) is 11.3 Å². The number of hydrogen-bond donors (Lipinski definition) is 2. The molecule has 1 fully saturated rings. The van der Waals surface area contributed by atoms with Gasteiger partial charge < -0.3 is 10.6 Å². The first kappa shape index (κ1) is 15.5. The van der Waals surface area contributed by atoms with E-state index < -0.39 is 0 Å². The number of benzene rings is 1. The number of piperazine rings is 1. The Kier molecular flexibility index (Phi) is 5.32. The summed E-state index contributed by atoms with van der Waals surface area (Å²) in [4.78, 5) is 14.0. The minimum absolute atomic E-state index is 0.0746. The third-order valence-corrected chi connectivity index (χ3v) is 3.71. The Bertz CT molecular complexity index is 518. The summed E-state index contributed by atoms with van der Waals surface area (Å²) < 4.78 is 0. The van der Waals surface area contributed by atoms with Crippen LogP contribution >= 0.6 is 0 Å². The summed E-state index contributed by atoms with van der Waals surface area (Å²) >= 11 is 0.